The molecule has 1 saturated heterocycles. The molecule has 3 nitrogen and oxygen atoms in total. The van der Waals surface area contributed by atoms with Crippen molar-refractivity contribution in [1.82, 2.24) is 4.90 Å². The van der Waals surface area contributed by atoms with Crippen molar-refractivity contribution in [3.8, 4) is 5.75 Å². The van der Waals surface area contributed by atoms with E-state index < -0.39 is 0 Å². The lowest BCUT2D eigenvalue weighted by molar-refractivity contribution is 0.124. The molecule has 5 heteroatoms. The average Bonchev–Trinajstić information content (AvgIpc) is 2.46. The van der Waals surface area contributed by atoms with E-state index in [-0.39, 0.29) is 12.4 Å². The summed E-state index contributed by atoms with van der Waals surface area (Å²) < 4.78 is 0. The number of nitrogens with zero attached hydrogens (tertiary/aromatic N) is 1. The van der Waals surface area contributed by atoms with Crippen molar-refractivity contribution in [2.75, 3.05) is 13.2 Å². The van der Waals surface area contributed by atoms with Gasteiger partial charge in [-0.05, 0) is 44.4 Å². The van der Waals surface area contributed by atoms with Gasteiger partial charge in [-0.1, -0.05) is 29.6 Å². The van der Waals surface area contributed by atoms with Gasteiger partial charge in [0.15, 0.2) is 0 Å². The number of hydrogen-bond donors (Lipinski definition) is 2. The number of rotatable bonds is 5. The molecule has 0 saturated carbocycles. The van der Waals surface area contributed by atoms with E-state index >= 15 is 0 Å². The fourth-order valence-corrected chi connectivity index (χ4v) is 3.35. The van der Waals surface area contributed by atoms with Gasteiger partial charge in [0.05, 0.1) is 5.02 Å². The van der Waals surface area contributed by atoms with Crippen LogP contribution < -0.4 is 0 Å². The molecule has 1 fully saturated rings. The second-order valence-corrected chi connectivity index (χ2v) is 6.13. The molecule has 0 spiro atoms. The second-order valence-electron chi connectivity index (χ2n) is 5.34. The summed E-state index contributed by atoms with van der Waals surface area (Å²) in [6.07, 6.45) is 5.36. The van der Waals surface area contributed by atoms with Crippen LogP contribution in [-0.4, -0.2) is 34.3 Å². The molecule has 0 aromatic heterocycles. The average molecular weight is 318 g/mol. The maximum Gasteiger partial charge on any atom is 0.134 e. The van der Waals surface area contributed by atoms with E-state index in [1.54, 1.807) is 6.07 Å². The zero-order chi connectivity index (χ0) is 14.5. The predicted octanol–water partition coefficient (Wildman–Crippen LogP) is 3.83. The first-order valence-corrected chi connectivity index (χ1v) is 7.90. The molecule has 1 unspecified atom stereocenters. The molecule has 2 rings (SSSR count). The fraction of sp³-hybridized carbons (Fsp3) is 0.600. The Morgan fingerprint density at radius 3 is 2.80 bits per heavy atom. The molecule has 1 aliphatic heterocycles. The molecule has 0 aliphatic carbocycles. The minimum Gasteiger partial charge on any atom is -0.506 e. The molecule has 0 radical (unpaired) electrons. The van der Waals surface area contributed by atoms with Crippen LogP contribution in [0.2, 0.25) is 10.0 Å². The molecular weight excluding hydrogens is 297 g/mol. The van der Waals surface area contributed by atoms with Gasteiger partial charge in [0.2, 0.25) is 0 Å². The first-order valence-electron chi connectivity index (χ1n) is 7.14. The van der Waals surface area contributed by atoms with Crippen LogP contribution in [0.25, 0.3) is 0 Å². The first-order chi connectivity index (χ1) is 9.63. The van der Waals surface area contributed by atoms with Crippen LogP contribution in [0.15, 0.2) is 12.1 Å². The molecular formula is C15H21Cl2NO2. The van der Waals surface area contributed by atoms with Gasteiger partial charge in [0, 0.05) is 29.8 Å². The van der Waals surface area contributed by atoms with Crippen molar-refractivity contribution >= 4 is 23.2 Å². The SMILES string of the molecule is OCCCC1CCCCN1Cc1c(Cl)ccc(O)c1Cl. The highest BCUT2D eigenvalue weighted by Crippen LogP contribution is 2.35. The highest BCUT2D eigenvalue weighted by molar-refractivity contribution is 6.36. The van der Waals surface area contributed by atoms with Gasteiger partial charge >= 0.3 is 0 Å². The summed E-state index contributed by atoms with van der Waals surface area (Å²) in [5.74, 6) is 0.0787. The van der Waals surface area contributed by atoms with E-state index in [2.05, 4.69) is 4.90 Å². The van der Waals surface area contributed by atoms with Gasteiger partial charge in [0.25, 0.3) is 0 Å². The van der Waals surface area contributed by atoms with Crippen LogP contribution >= 0.6 is 23.2 Å². The third kappa shape index (κ3) is 3.79. The molecule has 1 aromatic carbocycles. The van der Waals surface area contributed by atoms with Gasteiger partial charge in [-0.15, -0.1) is 0 Å². The Hall–Kier alpha value is -0.480. The number of phenolic OH excluding ortho intramolecular Hbond substituents is 1. The number of piperidine rings is 1. The Labute approximate surface area is 130 Å². The van der Waals surface area contributed by atoms with E-state index in [4.69, 9.17) is 28.3 Å². The second kappa shape index (κ2) is 7.51. The van der Waals surface area contributed by atoms with Crippen LogP contribution in [0.3, 0.4) is 0 Å². The van der Waals surface area contributed by atoms with Gasteiger partial charge in [-0.25, -0.2) is 0 Å². The zero-order valence-electron chi connectivity index (χ0n) is 11.5. The number of halogens is 2. The Bertz CT molecular complexity index is 454. The van der Waals surface area contributed by atoms with Crippen molar-refractivity contribution < 1.29 is 10.2 Å². The third-order valence-electron chi connectivity index (χ3n) is 3.97. The molecule has 1 atom stereocenters. The normalized spacial score (nSPS) is 20.2. The minimum atomic E-state index is 0.0787. The Balaban J connectivity index is 2.12. The molecule has 2 N–H and O–H groups in total. The van der Waals surface area contributed by atoms with Crippen LogP contribution in [0, 0.1) is 0 Å². The summed E-state index contributed by atoms with van der Waals surface area (Å²) in [5.41, 5.74) is 0.796. The zero-order valence-corrected chi connectivity index (χ0v) is 13.0. The van der Waals surface area contributed by atoms with Crippen LogP contribution in [-0.2, 0) is 6.54 Å². The van der Waals surface area contributed by atoms with Crippen molar-refractivity contribution in [2.45, 2.75) is 44.7 Å². The fourth-order valence-electron chi connectivity index (χ4n) is 2.86. The smallest absolute Gasteiger partial charge is 0.134 e. The first kappa shape index (κ1) is 15.9. The van der Waals surface area contributed by atoms with Crippen molar-refractivity contribution in [3.05, 3.63) is 27.7 Å². The number of aliphatic hydroxyl groups is 1. The minimum absolute atomic E-state index is 0.0787. The number of likely N-dealkylation sites (tertiary alicyclic amines) is 1. The topological polar surface area (TPSA) is 43.7 Å². The predicted molar refractivity (Wildman–Crippen MR) is 82.5 cm³/mol. The highest BCUT2D eigenvalue weighted by Gasteiger charge is 2.24. The Morgan fingerprint density at radius 1 is 1.25 bits per heavy atom. The van der Waals surface area contributed by atoms with Gasteiger partial charge in [-0.3, -0.25) is 4.90 Å². The molecule has 20 heavy (non-hydrogen) atoms. The summed E-state index contributed by atoms with van der Waals surface area (Å²) in [6.45, 7) is 1.90. The number of aromatic hydroxyl groups is 1. The van der Waals surface area contributed by atoms with Crippen LogP contribution in [0.5, 0.6) is 5.75 Å². The van der Waals surface area contributed by atoms with Crippen LogP contribution in [0.4, 0.5) is 0 Å². The van der Waals surface area contributed by atoms with E-state index in [0.717, 1.165) is 31.4 Å². The lowest BCUT2D eigenvalue weighted by Gasteiger charge is -2.36. The number of phenols is 1. The summed E-state index contributed by atoms with van der Waals surface area (Å²) >= 11 is 12.4. The Morgan fingerprint density at radius 2 is 2.05 bits per heavy atom. The van der Waals surface area contributed by atoms with Gasteiger partial charge in [0.1, 0.15) is 5.75 Å². The summed E-state index contributed by atoms with van der Waals surface area (Å²) in [7, 11) is 0. The van der Waals surface area contributed by atoms with E-state index in [0.29, 0.717) is 22.6 Å². The number of benzene rings is 1. The van der Waals surface area contributed by atoms with Gasteiger partial charge < -0.3 is 10.2 Å². The third-order valence-corrected chi connectivity index (χ3v) is 4.75. The van der Waals surface area contributed by atoms with Gasteiger partial charge in [-0.2, -0.15) is 0 Å². The van der Waals surface area contributed by atoms with Crippen molar-refractivity contribution in [1.29, 1.82) is 0 Å². The molecule has 0 amide bonds. The standard InChI is InChI=1S/C15H21Cl2NO2/c16-13-6-7-14(20)15(17)12(13)10-18-8-2-1-4-11(18)5-3-9-19/h6-7,11,19-20H,1-5,8-10H2. The monoisotopic (exact) mass is 317 g/mol. The number of aliphatic hydroxyl groups excluding tert-OH is 1. The lowest BCUT2D eigenvalue weighted by Crippen LogP contribution is -2.39. The summed E-state index contributed by atoms with van der Waals surface area (Å²) in [6, 6.07) is 3.67. The van der Waals surface area contributed by atoms with E-state index in [1.807, 2.05) is 0 Å². The summed E-state index contributed by atoms with van der Waals surface area (Å²) in [5, 5.41) is 19.7. The van der Waals surface area contributed by atoms with E-state index in [1.165, 1.54) is 18.9 Å². The molecule has 1 heterocycles. The molecule has 0 bridgehead atoms. The lowest BCUT2D eigenvalue weighted by atomic mass is 9.97. The summed E-state index contributed by atoms with van der Waals surface area (Å²) in [4.78, 5) is 2.37. The van der Waals surface area contributed by atoms with E-state index in [9.17, 15) is 5.11 Å². The quantitative estimate of drug-likeness (QED) is 0.867. The largest absolute Gasteiger partial charge is 0.506 e. The van der Waals surface area contributed by atoms with Crippen molar-refractivity contribution in [2.24, 2.45) is 0 Å². The molecule has 1 aliphatic rings. The van der Waals surface area contributed by atoms with Crippen molar-refractivity contribution in [3.63, 3.8) is 0 Å². The molecule has 112 valence electrons. The maximum atomic E-state index is 9.72. The number of hydrogen-bond acceptors (Lipinski definition) is 3. The molecule has 1 aromatic rings. The Kier molecular flexibility index (Phi) is 5.97. The maximum absolute atomic E-state index is 9.72. The van der Waals surface area contributed by atoms with Crippen LogP contribution in [0.1, 0.15) is 37.7 Å². The highest BCUT2D eigenvalue weighted by atomic mass is 35.5.